The lowest BCUT2D eigenvalue weighted by molar-refractivity contribution is 0.416. The molecule has 2 aromatic rings. The van der Waals surface area contributed by atoms with Gasteiger partial charge in [-0.05, 0) is 19.2 Å². The molecule has 0 spiro atoms. The van der Waals surface area contributed by atoms with Crippen LogP contribution in [0.4, 0.5) is 0 Å². The van der Waals surface area contributed by atoms with E-state index in [9.17, 15) is 0 Å². The van der Waals surface area contributed by atoms with E-state index in [2.05, 4.69) is 15.7 Å². The molecule has 16 heavy (non-hydrogen) atoms. The van der Waals surface area contributed by atoms with Gasteiger partial charge >= 0.3 is 0 Å². The predicted molar refractivity (Wildman–Crippen MR) is 66.9 cm³/mol. The SMILES string of the molecule is CNCc1csc(-c2ccccc2OC)n1. The first-order chi connectivity index (χ1) is 7.85. The molecule has 4 heteroatoms. The Bertz CT molecular complexity index is 468. The highest BCUT2D eigenvalue weighted by atomic mass is 32.1. The molecule has 0 aliphatic carbocycles. The summed E-state index contributed by atoms with van der Waals surface area (Å²) in [7, 11) is 3.60. The van der Waals surface area contributed by atoms with E-state index in [4.69, 9.17) is 4.74 Å². The van der Waals surface area contributed by atoms with Crippen LogP contribution in [0.2, 0.25) is 0 Å². The van der Waals surface area contributed by atoms with E-state index in [1.54, 1.807) is 18.4 Å². The number of hydrogen-bond donors (Lipinski definition) is 1. The fourth-order valence-corrected chi connectivity index (χ4v) is 2.36. The van der Waals surface area contributed by atoms with Crippen molar-refractivity contribution in [1.29, 1.82) is 0 Å². The van der Waals surface area contributed by atoms with Gasteiger partial charge in [0.15, 0.2) is 0 Å². The molecule has 3 nitrogen and oxygen atoms in total. The highest BCUT2D eigenvalue weighted by Crippen LogP contribution is 2.31. The maximum Gasteiger partial charge on any atom is 0.129 e. The number of nitrogens with one attached hydrogen (secondary N) is 1. The molecule has 1 heterocycles. The van der Waals surface area contributed by atoms with E-state index in [1.807, 2.05) is 31.3 Å². The zero-order valence-corrected chi connectivity index (χ0v) is 10.2. The maximum atomic E-state index is 5.32. The van der Waals surface area contributed by atoms with Crippen LogP contribution in [0.25, 0.3) is 10.6 Å². The van der Waals surface area contributed by atoms with Crippen LogP contribution in [0.5, 0.6) is 5.75 Å². The van der Waals surface area contributed by atoms with Gasteiger partial charge in [-0.25, -0.2) is 4.98 Å². The number of aromatic nitrogens is 1. The highest BCUT2D eigenvalue weighted by Gasteiger charge is 2.08. The van der Waals surface area contributed by atoms with Gasteiger partial charge in [-0.3, -0.25) is 0 Å². The second-order valence-electron chi connectivity index (χ2n) is 3.37. The van der Waals surface area contributed by atoms with Gasteiger partial charge in [0.25, 0.3) is 0 Å². The van der Waals surface area contributed by atoms with Crippen LogP contribution in [0.15, 0.2) is 29.6 Å². The first-order valence-corrected chi connectivity index (χ1v) is 5.95. The Kier molecular flexibility index (Phi) is 3.54. The molecule has 0 saturated heterocycles. The van der Waals surface area contributed by atoms with E-state index < -0.39 is 0 Å². The number of hydrogen-bond acceptors (Lipinski definition) is 4. The van der Waals surface area contributed by atoms with Gasteiger partial charge in [-0.2, -0.15) is 0 Å². The summed E-state index contributed by atoms with van der Waals surface area (Å²) in [6.45, 7) is 0.797. The summed E-state index contributed by atoms with van der Waals surface area (Å²) in [6.07, 6.45) is 0. The molecule has 0 amide bonds. The molecule has 0 atom stereocenters. The van der Waals surface area contributed by atoms with E-state index in [0.717, 1.165) is 28.6 Å². The summed E-state index contributed by atoms with van der Waals surface area (Å²) >= 11 is 1.64. The monoisotopic (exact) mass is 234 g/mol. The van der Waals surface area contributed by atoms with Crippen LogP contribution in [0.3, 0.4) is 0 Å². The smallest absolute Gasteiger partial charge is 0.129 e. The number of benzene rings is 1. The van der Waals surface area contributed by atoms with Crippen molar-refractivity contribution >= 4 is 11.3 Å². The number of ether oxygens (including phenoxy) is 1. The first kappa shape index (κ1) is 11.1. The molecule has 1 N–H and O–H groups in total. The van der Waals surface area contributed by atoms with E-state index in [1.165, 1.54) is 0 Å². The summed E-state index contributed by atoms with van der Waals surface area (Å²) in [5.74, 6) is 0.868. The van der Waals surface area contributed by atoms with Gasteiger partial charge in [0.2, 0.25) is 0 Å². The summed E-state index contributed by atoms with van der Waals surface area (Å²) in [6, 6.07) is 7.94. The second-order valence-corrected chi connectivity index (χ2v) is 4.23. The Hall–Kier alpha value is -1.39. The summed E-state index contributed by atoms with van der Waals surface area (Å²) < 4.78 is 5.32. The molecule has 0 aliphatic rings. The Balaban J connectivity index is 2.34. The third-order valence-electron chi connectivity index (χ3n) is 2.25. The molecule has 0 unspecified atom stereocenters. The quantitative estimate of drug-likeness (QED) is 0.882. The molecule has 1 aromatic heterocycles. The second kappa shape index (κ2) is 5.09. The fraction of sp³-hybridized carbons (Fsp3) is 0.250. The normalized spacial score (nSPS) is 10.4. The summed E-state index contributed by atoms with van der Waals surface area (Å²) in [5, 5.41) is 6.16. The van der Waals surface area contributed by atoms with Crippen LogP contribution in [0, 0.1) is 0 Å². The van der Waals surface area contributed by atoms with Gasteiger partial charge in [0.1, 0.15) is 10.8 Å². The summed E-state index contributed by atoms with van der Waals surface area (Å²) in [5.41, 5.74) is 2.12. The molecular weight excluding hydrogens is 220 g/mol. The van der Waals surface area contributed by atoms with Crippen molar-refractivity contribution in [2.45, 2.75) is 6.54 Å². The Morgan fingerprint density at radius 1 is 1.38 bits per heavy atom. The van der Waals surface area contributed by atoms with Crippen molar-refractivity contribution in [3.05, 3.63) is 35.3 Å². The third-order valence-corrected chi connectivity index (χ3v) is 3.17. The Labute approximate surface area is 99.1 Å². The summed E-state index contributed by atoms with van der Waals surface area (Å²) in [4.78, 5) is 4.55. The van der Waals surface area contributed by atoms with E-state index in [0.29, 0.717) is 0 Å². The number of thiazole rings is 1. The van der Waals surface area contributed by atoms with Crippen LogP contribution in [-0.2, 0) is 6.54 Å². The minimum absolute atomic E-state index is 0.797. The van der Waals surface area contributed by atoms with Crippen molar-refractivity contribution in [3.8, 4) is 16.3 Å². The average Bonchev–Trinajstić information content (AvgIpc) is 2.78. The number of rotatable bonds is 4. The van der Waals surface area contributed by atoms with E-state index >= 15 is 0 Å². The molecule has 0 bridgehead atoms. The van der Waals surface area contributed by atoms with Gasteiger partial charge < -0.3 is 10.1 Å². The fourth-order valence-electron chi connectivity index (χ4n) is 1.51. The minimum atomic E-state index is 0.797. The van der Waals surface area contributed by atoms with Gasteiger partial charge in [0, 0.05) is 11.9 Å². The molecule has 1 aromatic carbocycles. The van der Waals surface area contributed by atoms with Crippen molar-refractivity contribution in [3.63, 3.8) is 0 Å². The van der Waals surface area contributed by atoms with Gasteiger partial charge in [-0.15, -0.1) is 11.3 Å². The van der Waals surface area contributed by atoms with Crippen LogP contribution < -0.4 is 10.1 Å². The molecule has 84 valence electrons. The van der Waals surface area contributed by atoms with Gasteiger partial charge in [-0.1, -0.05) is 12.1 Å². The standard InChI is InChI=1S/C12H14N2OS/c1-13-7-9-8-16-12(14-9)10-5-3-4-6-11(10)15-2/h3-6,8,13H,7H2,1-2H3. The first-order valence-electron chi connectivity index (χ1n) is 5.07. The number of methoxy groups -OCH3 is 1. The van der Waals surface area contributed by atoms with Crippen LogP contribution in [-0.4, -0.2) is 19.1 Å². The van der Waals surface area contributed by atoms with Crippen molar-refractivity contribution in [2.75, 3.05) is 14.2 Å². The molecular formula is C12H14N2OS. The maximum absolute atomic E-state index is 5.32. The molecule has 0 fully saturated rings. The van der Waals surface area contributed by atoms with Crippen molar-refractivity contribution in [2.24, 2.45) is 0 Å². The highest BCUT2D eigenvalue weighted by molar-refractivity contribution is 7.13. The zero-order chi connectivity index (χ0) is 11.4. The van der Waals surface area contributed by atoms with Gasteiger partial charge in [0.05, 0.1) is 18.4 Å². The largest absolute Gasteiger partial charge is 0.496 e. The third kappa shape index (κ3) is 2.23. The van der Waals surface area contributed by atoms with E-state index in [-0.39, 0.29) is 0 Å². The minimum Gasteiger partial charge on any atom is -0.496 e. The molecule has 2 rings (SSSR count). The number of nitrogens with zero attached hydrogens (tertiary/aromatic N) is 1. The molecule has 0 radical (unpaired) electrons. The Morgan fingerprint density at radius 3 is 2.94 bits per heavy atom. The van der Waals surface area contributed by atoms with Crippen LogP contribution >= 0.6 is 11.3 Å². The van der Waals surface area contributed by atoms with Crippen LogP contribution in [0.1, 0.15) is 5.69 Å². The Morgan fingerprint density at radius 2 is 2.19 bits per heavy atom. The topological polar surface area (TPSA) is 34.1 Å². The average molecular weight is 234 g/mol. The lowest BCUT2D eigenvalue weighted by Crippen LogP contribution is -2.04. The predicted octanol–water partition coefficient (Wildman–Crippen LogP) is 2.54. The zero-order valence-electron chi connectivity index (χ0n) is 9.36. The lowest BCUT2D eigenvalue weighted by atomic mass is 10.2. The van der Waals surface area contributed by atoms with Crippen molar-refractivity contribution < 1.29 is 4.74 Å². The lowest BCUT2D eigenvalue weighted by Gasteiger charge is -2.04. The molecule has 0 aliphatic heterocycles. The van der Waals surface area contributed by atoms with Crippen molar-refractivity contribution in [1.82, 2.24) is 10.3 Å². The number of para-hydroxylation sites is 1. The molecule has 0 saturated carbocycles.